The quantitative estimate of drug-likeness (QED) is 0.892. The van der Waals surface area contributed by atoms with Crippen molar-refractivity contribution in [3.63, 3.8) is 0 Å². The highest BCUT2D eigenvalue weighted by Crippen LogP contribution is 2.22. The summed E-state index contributed by atoms with van der Waals surface area (Å²) in [5.74, 6) is -1.11. The Hall–Kier alpha value is -2.51. The van der Waals surface area contributed by atoms with Gasteiger partial charge in [0.2, 0.25) is 5.95 Å². The van der Waals surface area contributed by atoms with Crippen LogP contribution in [0.15, 0.2) is 24.5 Å². The Morgan fingerprint density at radius 1 is 0.952 bits per heavy atom. The van der Waals surface area contributed by atoms with E-state index in [0.29, 0.717) is 32.1 Å². The average Bonchev–Trinajstić information content (AvgIpc) is 2.52. The molecule has 6 nitrogen and oxygen atoms in total. The maximum absolute atomic E-state index is 13.8. The lowest BCUT2D eigenvalue weighted by Gasteiger charge is -2.35. The van der Waals surface area contributed by atoms with Gasteiger partial charge in [-0.2, -0.15) is 0 Å². The Morgan fingerprint density at radius 3 is 2.24 bits per heavy atom. The second kappa shape index (κ2) is 5.47. The van der Waals surface area contributed by atoms with Gasteiger partial charge in [0.1, 0.15) is 0 Å². The van der Waals surface area contributed by atoms with Crippen LogP contribution in [0.3, 0.4) is 0 Å². The smallest absolute Gasteiger partial charge is 0.225 e. The molecule has 21 heavy (non-hydrogen) atoms. The number of halogens is 2. The minimum absolute atomic E-state index is 0.0857. The van der Waals surface area contributed by atoms with Gasteiger partial charge in [0.05, 0.1) is 0 Å². The van der Waals surface area contributed by atoms with Gasteiger partial charge in [-0.25, -0.2) is 23.7 Å². The van der Waals surface area contributed by atoms with E-state index in [1.807, 2.05) is 4.90 Å². The van der Waals surface area contributed by atoms with Crippen molar-refractivity contribution in [2.75, 3.05) is 41.7 Å². The third-order valence-corrected chi connectivity index (χ3v) is 3.35. The van der Waals surface area contributed by atoms with Crippen LogP contribution in [0.5, 0.6) is 0 Å². The number of nitrogens with zero attached hydrogens (tertiary/aromatic N) is 5. The molecule has 0 bridgehead atoms. The van der Waals surface area contributed by atoms with Gasteiger partial charge in [0.15, 0.2) is 23.3 Å². The summed E-state index contributed by atoms with van der Waals surface area (Å²) in [6, 6.07) is 2.52. The first-order valence-electron chi connectivity index (χ1n) is 6.53. The molecule has 3 heterocycles. The van der Waals surface area contributed by atoms with Crippen LogP contribution in [0.4, 0.5) is 26.4 Å². The summed E-state index contributed by atoms with van der Waals surface area (Å²) >= 11 is 0. The molecule has 0 unspecified atom stereocenters. The molecule has 0 aliphatic carbocycles. The zero-order valence-corrected chi connectivity index (χ0v) is 11.2. The van der Waals surface area contributed by atoms with Gasteiger partial charge in [0.25, 0.3) is 0 Å². The lowest BCUT2D eigenvalue weighted by atomic mass is 10.3. The number of hydrogen-bond donors (Lipinski definition) is 1. The molecule has 0 aromatic carbocycles. The van der Waals surface area contributed by atoms with E-state index in [2.05, 4.69) is 15.0 Å². The molecule has 3 rings (SSSR count). The fourth-order valence-electron chi connectivity index (χ4n) is 2.27. The molecular weight excluding hydrogens is 278 g/mol. The highest BCUT2D eigenvalue weighted by atomic mass is 19.1. The van der Waals surface area contributed by atoms with E-state index in [9.17, 15) is 8.78 Å². The van der Waals surface area contributed by atoms with E-state index < -0.39 is 11.6 Å². The third kappa shape index (κ3) is 2.69. The molecule has 1 fully saturated rings. The van der Waals surface area contributed by atoms with Gasteiger partial charge in [-0.15, -0.1) is 0 Å². The Labute approximate surface area is 120 Å². The molecule has 8 heteroatoms. The van der Waals surface area contributed by atoms with E-state index in [4.69, 9.17) is 5.73 Å². The zero-order valence-electron chi connectivity index (χ0n) is 11.2. The number of piperazine rings is 1. The summed E-state index contributed by atoms with van der Waals surface area (Å²) in [7, 11) is 0. The first-order valence-corrected chi connectivity index (χ1v) is 6.53. The number of nitrogens with two attached hydrogens (primary N) is 1. The van der Waals surface area contributed by atoms with Gasteiger partial charge < -0.3 is 15.5 Å². The van der Waals surface area contributed by atoms with Crippen molar-refractivity contribution >= 4 is 17.6 Å². The van der Waals surface area contributed by atoms with Crippen LogP contribution < -0.4 is 15.5 Å². The van der Waals surface area contributed by atoms with Gasteiger partial charge >= 0.3 is 0 Å². The monoisotopic (exact) mass is 292 g/mol. The number of rotatable bonds is 2. The average molecular weight is 292 g/mol. The van der Waals surface area contributed by atoms with Crippen molar-refractivity contribution in [3.8, 4) is 0 Å². The summed E-state index contributed by atoms with van der Waals surface area (Å²) in [5, 5.41) is 0. The Bertz CT molecular complexity index is 628. The highest BCUT2D eigenvalue weighted by Gasteiger charge is 2.23. The van der Waals surface area contributed by atoms with Crippen molar-refractivity contribution < 1.29 is 8.78 Å². The molecule has 0 amide bonds. The number of hydrogen-bond acceptors (Lipinski definition) is 6. The number of pyridine rings is 1. The van der Waals surface area contributed by atoms with Crippen molar-refractivity contribution in [3.05, 3.63) is 36.2 Å². The molecule has 0 spiro atoms. The molecule has 0 atom stereocenters. The minimum Gasteiger partial charge on any atom is -0.381 e. The molecule has 1 aliphatic rings. The van der Waals surface area contributed by atoms with E-state index in [1.54, 1.807) is 23.4 Å². The standard InChI is InChI=1S/C13H14F2N6/c14-9-8-10(15)12(19-11(9)16)20-4-6-21(7-5-20)13-17-2-1-3-18-13/h1-3,8H,4-7H2,(H2,16,19). The molecule has 1 aliphatic heterocycles. The van der Waals surface area contributed by atoms with E-state index in [1.165, 1.54) is 0 Å². The normalized spacial score (nSPS) is 15.3. The molecule has 2 aromatic heterocycles. The van der Waals surface area contributed by atoms with Crippen LogP contribution in [-0.2, 0) is 0 Å². The van der Waals surface area contributed by atoms with E-state index in [-0.39, 0.29) is 11.6 Å². The molecule has 2 N–H and O–H groups in total. The van der Waals surface area contributed by atoms with Gasteiger partial charge in [-0.1, -0.05) is 0 Å². The Kier molecular flexibility index (Phi) is 3.51. The zero-order chi connectivity index (χ0) is 14.8. The summed E-state index contributed by atoms with van der Waals surface area (Å²) < 4.78 is 26.9. The number of anilines is 3. The topological polar surface area (TPSA) is 71.2 Å². The second-order valence-corrected chi connectivity index (χ2v) is 4.68. The Balaban J connectivity index is 1.73. The van der Waals surface area contributed by atoms with Crippen molar-refractivity contribution in [2.24, 2.45) is 0 Å². The highest BCUT2D eigenvalue weighted by molar-refractivity contribution is 5.48. The lowest BCUT2D eigenvalue weighted by Crippen LogP contribution is -2.47. The summed E-state index contributed by atoms with van der Waals surface area (Å²) in [6.45, 7) is 2.32. The molecular formula is C13H14F2N6. The second-order valence-electron chi connectivity index (χ2n) is 4.68. The maximum atomic E-state index is 13.8. The van der Waals surface area contributed by atoms with Gasteiger partial charge in [-0.05, 0) is 6.07 Å². The van der Waals surface area contributed by atoms with Crippen LogP contribution >= 0.6 is 0 Å². The summed E-state index contributed by atoms with van der Waals surface area (Å²) in [6.07, 6.45) is 3.35. The molecule has 2 aromatic rings. The van der Waals surface area contributed by atoms with Gasteiger partial charge in [0, 0.05) is 44.6 Å². The SMILES string of the molecule is Nc1nc(N2CCN(c3ncccn3)CC2)c(F)cc1F. The van der Waals surface area contributed by atoms with Crippen LogP contribution in [0.25, 0.3) is 0 Å². The van der Waals surface area contributed by atoms with Crippen LogP contribution in [0.2, 0.25) is 0 Å². The fraction of sp³-hybridized carbons (Fsp3) is 0.308. The maximum Gasteiger partial charge on any atom is 0.225 e. The first kappa shape index (κ1) is 13.5. The summed E-state index contributed by atoms with van der Waals surface area (Å²) in [4.78, 5) is 15.9. The third-order valence-electron chi connectivity index (χ3n) is 3.35. The minimum atomic E-state index is -0.840. The molecule has 0 radical (unpaired) electrons. The molecule has 110 valence electrons. The largest absolute Gasteiger partial charge is 0.381 e. The van der Waals surface area contributed by atoms with E-state index in [0.717, 1.165) is 6.07 Å². The first-order chi connectivity index (χ1) is 10.1. The van der Waals surface area contributed by atoms with E-state index >= 15 is 0 Å². The van der Waals surface area contributed by atoms with Crippen molar-refractivity contribution in [1.29, 1.82) is 0 Å². The van der Waals surface area contributed by atoms with Crippen LogP contribution in [0.1, 0.15) is 0 Å². The predicted molar refractivity (Wildman–Crippen MR) is 75.0 cm³/mol. The molecule has 0 saturated carbocycles. The van der Waals surface area contributed by atoms with Crippen molar-refractivity contribution in [2.45, 2.75) is 0 Å². The predicted octanol–water partition coefficient (Wildman–Crippen LogP) is 1.06. The number of aromatic nitrogens is 3. The molecule has 1 saturated heterocycles. The van der Waals surface area contributed by atoms with Crippen LogP contribution in [-0.4, -0.2) is 41.1 Å². The van der Waals surface area contributed by atoms with Crippen molar-refractivity contribution in [1.82, 2.24) is 15.0 Å². The lowest BCUT2D eigenvalue weighted by molar-refractivity contribution is 0.560. The summed E-state index contributed by atoms with van der Waals surface area (Å²) in [5.41, 5.74) is 5.40. The number of nitrogen functional groups attached to an aromatic ring is 1. The van der Waals surface area contributed by atoms with Gasteiger partial charge in [-0.3, -0.25) is 0 Å². The fourth-order valence-corrected chi connectivity index (χ4v) is 2.27. The Morgan fingerprint density at radius 2 is 1.57 bits per heavy atom. The van der Waals surface area contributed by atoms with Crippen LogP contribution in [0, 0.1) is 11.6 Å².